The number of nitrogens with zero attached hydrogens (tertiary/aromatic N) is 2. The third-order valence-corrected chi connectivity index (χ3v) is 3.37. The topological polar surface area (TPSA) is 42.4 Å². The standard InChI is InChI=1S/C11H18N2O2S/c1-7(2)6-13(4)11-12-8(3)9(16-11)10(14)15-5/h7H,6H2,1-5H3. The number of aryl methyl sites for hydroxylation is 1. The molecule has 0 spiro atoms. The van der Waals surface area contributed by atoms with Crippen molar-refractivity contribution < 1.29 is 9.53 Å². The second-order valence-electron chi connectivity index (χ2n) is 4.18. The van der Waals surface area contributed by atoms with Gasteiger partial charge < -0.3 is 9.64 Å². The second-order valence-corrected chi connectivity index (χ2v) is 5.15. The normalized spacial score (nSPS) is 10.6. The summed E-state index contributed by atoms with van der Waals surface area (Å²) >= 11 is 1.38. The van der Waals surface area contributed by atoms with Crippen LogP contribution in [-0.2, 0) is 4.74 Å². The Bertz CT molecular complexity index is 374. The summed E-state index contributed by atoms with van der Waals surface area (Å²) in [5.41, 5.74) is 0.738. The number of hydrogen-bond acceptors (Lipinski definition) is 5. The van der Waals surface area contributed by atoms with Crippen LogP contribution >= 0.6 is 11.3 Å². The molecule has 0 aliphatic carbocycles. The van der Waals surface area contributed by atoms with Crippen LogP contribution in [0.2, 0.25) is 0 Å². The maximum atomic E-state index is 11.4. The molecule has 0 radical (unpaired) electrons. The molecule has 0 atom stereocenters. The third-order valence-electron chi connectivity index (χ3n) is 2.12. The van der Waals surface area contributed by atoms with E-state index in [9.17, 15) is 4.79 Å². The minimum atomic E-state index is -0.306. The van der Waals surface area contributed by atoms with E-state index in [1.54, 1.807) is 0 Å². The van der Waals surface area contributed by atoms with E-state index in [0.29, 0.717) is 10.8 Å². The summed E-state index contributed by atoms with van der Waals surface area (Å²) in [6, 6.07) is 0. The van der Waals surface area contributed by atoms with Gasteiger partial charge in [-0.3, -0.25) is 0 Å². The molecule has 1 aromatic heterocycles. The van der Waals surface area contributed by atoms with Crippen LogP contribution in [0, 0.1) is 12.8 Å². The molecule has 0 aliphatic heterocycles. The minimum absolute atomic E-state index is 0.306. The zero-order valence-electron chi connectivity index (χ0n) is 10.4. The Morgan fingerprint density at radius 3 is 2.69 bits per heavy atom. The van der Waals surface area contributed by atoms with E-state index >= 15 is 0 Å². The lowest BCUT2D eigenvalue weighted by Gasteiger charge is -2.17. The summed E-state index contributed by atoms with van der Waals surface area (Å²) in [4.78, 5) is 18.5. The summed E-state index contributed by atoms with van der Waals surface area (Å²) in [7, 11) is 3.37. The van der Waals surface area contributed by atoms with E-state index in [-0.39, 0.29) is 5.97 Å². The summed E-state index contributed by atoms with van der Waals surface area (Å²) < 4.78 is 4.70. The van der Waals surface area contributed by atoms with Gasteiger partial charge in [0.25, 0.3) is 0 Å². The minimum Gasteiger partial charge on any atom is -0.465 e. The van der Waals surface area contributed by atoms with Crippen LogP contribution in [0.1, 0.15) is 29.2 Å². The number of hydrogen-bond donors (Lipinski definition) is 0. The van der Waals surface area contributed by atoms with Crippen molar-refractivity contribution in [3.05, 3.63) is 10.6 Å². The number of carbonyl (C=O) groups is 1. The van der Waals surface area contributed by atoms with Crippen molar-refractivity contribution in [2.24, 2.45) is 5.92 Å². The number of anilines is 1. The smallest absolute Gasteiger partial charge is 0.350 e. The molecule has 5 heteroatoms. The molecule has 0 N–H and O–H groups in total. The molecule has 90 valence electrons. The molecule has 1 rings (SSSR count). The fraction of sp³-hybridized carbons (Fsp3) is 0.636. The summed E-state index contributed by atoms with van der Waals surface area (Å²) in [6.07, 6.45) is 0. The van der Waals surface area contributed by atoms with Crippen molar-refractivity contribution in [2.45, 2.75) is 20.8 Å². The highest BCUT2D eigenvalue weighted by atomic mass is 32.1. The van der Waals surface area contributed by atoms with Gasteiger partial charge in [0.2, 0.25) is 0 Å². The molecule has 4 nitrogen and oxygen atoms in total. The van der Waals surface area contributed by atoms with Crippen molar-refractivity contribution in [2.75, 3.05) is 25.6 Å². The molecule has 0 fully saturated rings. The number of esters is 1. The van der Waals surface area contributed by atoms with Gasteiger partial charge in [0.05, 0.1) is 12.8 Å². The summed E-state index contributed by atoms with van der Waals surface area (Å²) in [5, 5.41) is 0.867. The van der Waals surface area contributed by atoms with E-state index in [4.69, 9.17) is 4.74 Å². The Morgan fingerprint density at radius 1 is 1.56 bits per heavy atom. The maximum absolute atomic E-state index is 11.4. The van der Waals surface area contributed by atoms with Gasteiger partial charge in [-0.1, -0.05) is 25.2 Å². The first kappa shape index (κ1) is 13.0. The van der Waals surface area contributed by atoms with Gasteiger partial charge in [-0.05, 0) is 12.8 Å². The van der Waals surface area contributed by atoms with Crippen LogP contribution in [-0.4, -0.2) is 31.7 Å². The molecule has 0 amide bonds. The van der Waals surface area contributed by atoms with Gasteiger partial charge in [-0.25, -0.2) is 9.78 Å². The quantitative estimate of drug-likeness (QED) is 0.760. The molecule has 1 aromatic rings. The Labute approximate surface area is 100 Å². The SMILES string of the molecule is COC(=O)c1sc(N(C)CC(C)C)nc1C. The number of thiazole rings is 1. The van der Waals surface area contributed by atoms with Gasteiger partial charge >= 0.3 is 5.97 Å². The Morgan fingerprint density at radius 2 is 2.19 bits per heavy atom. The van der Waals surface area contributed by atoms with E-state index < -0.39 is 0 Å². The number of carbonyl (C=O) groups excluding carboxylic acids is 1. The van der Waals surface area contributed by atoms with Crippen LogP contribution < -0.4 is 4.90 Å². The van der Waals surface area contributed by atoms with Crippen molar-refractivity contribution in [3.8, 4) is 0 Å². The van der Waals surface area contributed by atoms with Crippen LogP contribution in [0.3, 0.4) is 0 Å². The molecular formula is C11H18N2O2S. The molecular weight excluding hydrogens is 224 g/mol. The molecule has 16 heavy (non-hydrogen) atoms. The van der Waals surface area contributed by atoms with Crippen LogP contribution in [0.25, 0.3) is 0 Å². The molecule has 0 bridgehead atoms. The zero-order chi connectivity index (χ0) is 12.3. The summed E-state index contributed by atoms with van der Waals surface area (Å²) in [5.74, 6) is 0.259. The lowest BCUT2D eigenvalue weighted by atomic mass is 10.2. The molecule has 0 aromatic carbocycles. The van der Waals surface area contributed by atoms with E-state index in [1.807, 2.05) is 14.0 Å². The van der Waals surface area contributed by atoms with Crippen LogP contribution in [0.5, 0.6) is 0 Å². The first-order valence-corrected chi connectivity index (χ1v) is 6.04. The molecule has 0 saturated heterocycles. The van der Waals surface area contributed by atoms with Gasteiger partial charge in [0.1, 0.15) is 4.88 Å². The predicted molar refractivity (Wildman–Crippen MR) is 66.3 cm³/mol. The first-order valence-electron chi connectivity index (χ1n) is 5.22. The second kappa shape index (κ2) is 5.30. The lowest BCUT2D eigenvalue weighted by Crippen LogP contribution is -2.22. The highest BCUT2D eigenvalue weighted by molar-refractivity contribution is 7.17. The zero-order valence-corrected chi connectivity index (χ0v) is 11.2. The average Bonchev–Trinajstić information content (AvgIpc) is 2.58. The third kappa shape index (κ3) is 2.95. The summed E-state index contributed by atoms with van der Waals surface area (Å²) in [6.45, 7) is 7.05. The fourth-order valence-corrected chi connectivity index (χ4v) is 2.41. The van der Waals surface area contributed by atoms with Gasteiger partial charge in [0, 0.05) is 13.6 Å². The van der Waals surface area contributed by atoms with E-state index in [2.05, 4.69) is 23.7 Å². The Balaban J connectivity index is 2.87. The number of methoxy groups -OCH3 is 1. The highest BCUT2D eigenvalue weighted by Crippen LogP contribution is 2.26. The van der Waals surface area contributed by atoms with Gasteiger partial charge in [-0.2, -0.15) is 0 Å². The number of rotatable bonds is 4. The van der Waals surface area contributed by atoms with Gasteiger partial charge in [0.15, 0.2) is 5.13 Å². The molecule has 1 heterocycles. The Hall–Kier alpha value is -1.10. The average molecular weight is 242 g/mol. The van der Waals surface area contributed by atoms with Crippen molar-refractivity contribution in [1.82, 2.24) is 4.98 Å². The van der Waals surface area contributed by atoms with Gasteiger partial charge in [-0.15, -0.1) is 0 Å². The van der Waals surface area contributed by atoms with E-state index in [1.165, 1.54) is 18.4 Å². The monoisotopic (exact) mass is 242 g/mol. The molecule has 0 saturated carbocycles. The predicted octanol–water partition coefficient (Wildman–Crippen LogP) is 2.33. The molecule has 0 unspecified atom stereocenters. The van der Waals surface area contributed by atoms with Crippen molar-refractivity contribution in [1.29, 1.82) is 0 Å². The highest BCUT2D eigenvalue weighted by Gasteiger charge is 2.17. The largest absolute Gasteiger partial charge is 0.465 e. The fourth-order valence-electron chi connectivity index (χ4n) is 1.45. The number of ether oxygens (including phenoxy) is 1. The first-order chi connectivity index (χ1) is 7.45. The van der Waals surface area contributed by atoms with Crippen molar-refractivity contribution >= 4 is 22.4 Å². The maximum Gasteiger partial charge on any atom is 0.350 e. The number of aromatic nitrogens is 1. The van der Waals surface area contributed by atoms with E-state index in [0.717, 1.165) is 17.4 Å². The molecule has 0 aliphatic rings. The van der Waals surface area contributed by atoms with Crippen LogP contribution in [0.4, 0.5) is 5.13 Å². The Kier molecular flexibility index (Phi) is 4.29. The van der Waals surface area contributed by atoms with Crippen molar-refractivity contribution in [3.63, 3.8) is 0 Å². The van der Waals surface area contributed by atoms with Crippen LogP contribution in [0.15, 0.2) is 0 Å². The lowest BCUT2D eigenvalue weighted by molar-refractivity contribution is 0.0605.